The van der Waals surface area contributed by atoms with Crippen molar-refractivity contribution in [3.8, 4) is 0 Å². The monoisotopic (exact) mass is 352 g/mol. The standard InChI is InChI=1S/C18H28O3.2C2H6/c1-17-7-5-12(19)9-11(17)3-4-13-14(17)6-8-18(2)15(13)10-21-16(18)20;2*1-2/h3,12-16,19-20H,4-10H2,1-2H3;2*1-2H3. The normalized spacial score (nSPS) is 47.7. The molecule has 25 heavy (non-hydrogen) atoms. The van der Waals surface area contributed by atoms with Gasteiger partial charge in [-0.1, -0.05) is 53.2 Å². The molecule has 2 saturated carbocycles. The quantitative estimate of drug-likeness (QED) is 0.609. The average molecular weight is 353 g/mol. The van der Waals surface area contributed by atoms with Crippen molar-refractivity contribution in [1.82, 2.24) is 0 Å². The highest BCUT2D eigenvalue weighted by Gasteiger charge is 2.59. The first-order valence-electron chi connectivity index (χ1n) is 10.6. The molecule has 4 rings (SSSR count). The highest BCUT2D eigenvalue weighted by molar-refractivity contribution is 5.25. The fraction of sp³-hybridized carbons (Fsp3) is 0.909. The van der Waals surface area contributed by atoms with Crippen LogP contribution in [0.2, 0.25) is 0 Å². The highest BCUT2D eigenvalue weighted by Crippen LogP contribution is 2.63. The molecule has 3 heteroatoms. The van der Waals surface area contributed by atoms with Gasteiger partial charge < -0.3 is 14.9 Å². The highest BCUT2D eigenvalue weighted by atomic mass is 16.6. The van der Waals surface area contributed by atoms with E-state index in [-0.39, 0.29) is 16.9 Å². The molecule has 1 heterocycles. The molecule has 7 unspecified atom stereocenters. The lowest BCUT2D eigenvalue weighted by Gasteiger charge is -2.56. The first-order valence-corrected chi connectivity index (χ1v) is 10.6. The SMILES string of the molecule is CC.CC.CC12CCC(O)CC1=CCC1C2CCC2(C)C(O)OCC12. The predicted octanol–water partition coefficient (Wildman–Crippen LogP) is 4.92. The molecule has 3 fully saturated rings. The molecule has 7 atom stereocenters. The van der Waals surface area contributed by atoms with Gasteiger partial charge in [-0.3, -0.25) is 0 Å². The van der Waals surface area contributed by atoms with Crippen molar-refractivity contribution in [2.75, 3.05) is 6.61 Å². The number of hydrogen-bond acceptors (Lipinski definition) is 3. The first-order chi connectivity index (χ1) is 11.9. The lowest BCUT2D eigenvalue weighted by atomic mass is 9.48. The molecule has 146 valence electrons. The maximum Gasteiger partial charge on any atom is 0.160 e. The van der Waals surface area contributed by atoms with E-state index in [0.717, 1.165) is 38.7 Å². The average Bonchev–Trinajstić information content (AvgIpc) is 2.94. The van der Waals surface area contributed by atoms with Crippen LogP contribution in [0.3, 0.4) is 0 Å². The van der Waals surface area contributed by atoms with E-state index < -0.39 is 6.29 Å². The molecule has 0 aromatic heterocycles. The van der Waals surface area contributed by atoms with E-state index in [1.807, 2.05) is 27.7 Å². The van der Waals surface area contributed by atoms with Crippen LogP contribution in [0.5, 0.6) is 0 Å². The van der Waals surface area contributed by atoms with Crippen molar-refractivity contribution in [2.24, 2.45) is 28.6 Å². The van der Waals surface area contributed by atoms with Gasteiger partial charge in [0.15, 0.2) is 6.29 Å². The van der Waals surface area contributed by atoms with Crippen molar-refractivity contribution in [3.63, 3.8) is 0 Å². The third-order valence-electron chi connectivity index (χ3n) is 7.51. The minimum Gasteiger partial charge on any atom is -0.393 e. The summed E-state index contributed by atoms with van der Waals surface area (Å²) in [6.07, 6.45) is 8.03. The fourth-order valence-electron chi connectivity index (χ4n) is 6.00. The Morgan fingerprint density at radius 1 is 1.00 bits per heavy atom. The molecule has 4 aliphatic rings. The summed E-state index contributed by atoms with van der Waals surface area (Å²) in [6.45, 7) is 13.4. The molecular formula is C22H40O3. The van der Waals surface area contributed by atoms with Crippen LogP contribution in [-0.2, 0) is 4.74 Å². The van der Waals surface area contributed by atoms with Crippen LogP contribution in [0, 0.1) is 28.6 Å². The zero-order valence-electron chi connectivity index (χ0n) is 17.2. The number of fused-ring (bicyclic) bond motifs is 5. The molecule has 0 amide bonds. The maximum absolute atomic E-state index is 10.2. The Bertz CT molecular complexity index is 474. The number of ether oxygens (including phenoxy) is 1. The molecule has 0 aromatic carbocycles. The zero-order valence-corrected chi connectivity index (χ0v) is 17.2. The Hall–Kier alpha value is -0.380. The topological polar surface area (TPSA) is 49.7 Å². The van der Waals surface area contributed by atoms with Gasteiger partial charge in [-0.25, -0.2) is 0 Å². The van der Waals surface area contributed by atoms with E-state index in [0.29, 0.717) is 17.8 Å². The van der Waals surface area contributed by atoms with Crippen molar-refractivity contribution in [1.29, 1.82) is 0 Å². The molecule has 0 bridgehead atoms. The summed E-state index contributed by atoms with van der Waals surface area (Å²) in [5.74, 6) is 1.84. The fourth-order valence-corrected chi connectivity index (χ4v) is 6.00. The van der Waals surface area contributed by atoms with E-state index in [1.165, 1.54) is 12.0 Å². The Labute approximate surface area is 154 Å². The third kappa shape index (κ3) is 3.33. The third-order valence-corrected chi connectivity index (χ3v) is 7.51. The van der Waals surface area contributed by atoms with E-state index in [2.05, 4.69) is 19.9 Å². The lowest BCUT2D eigenvalue weighted by molar-refractivity contribution is -0.132. The predicted molar refractivity (Wildman–Crippen MR) is 103 cm³/mol. The van der Waals surface area contributed by atoms with E-state index in [9.17, 15) is 10.2 Å². The van der Waals surface area contributed by atoms with E-state index in [4.69, 9.17) is 4.74 Å². The molecule has 0 aromatic rings. The van der Waals surface area contributed by atoms with Gasteiger partial charge in [0.1, 0.15) is 0 Å². The molecule has 3 aliphatic carbocycles. The Morgan fingerprint density at radius 2 is 1.68 bits per heavy atom. The Balaban J connectivity index is 0.000000528. The minimum atomic E-state index is -0.574. The second-order valence-corrected chi connectivity index (χ2v) is 8.39. The van der Waals surface area contributed by atoms with Crippen molar-refractivity contribution in [3.05, 3.63) is 11.6 Å². The Kier molecular flexibility index (Phi) is 6.78. The molecule has 1 saturated heterocycles. The second-order valence-electron chi connectivity index (χ2n) is 8.39. The van der Waals surface area contributed by atoms with Crippen molar-refractivity contribution >= 4 is 0 Å². The number of rotatable bonds is 0. The van der Waals surface area contributed by atoms with Crippen LogP contribution >= 0.6 is 0 Å². The second kappa shape index (κ2) is 8.10. The summed E-state index contributed by atoms with van der Waals surface area (Å²) in [5.41, 5.74) is 1.74. The van der Waals surface area contributed by atoms with Gasteiger partial charge in [0.2, 0.25) is 0 Å². The van der Waals surface area contributed by atoms with Crippen molar-refractivity contribution < 1.29 is 14.9 Å². The van der Waals surface area contributed by atoms with Gasteiger partial charge in [-0.2, -0.15) is 0 Å². The number of hydrogen-bond donors (Lipinski definition) is 2. The lowest BCUT2D eigenvalue weighted by Crippen LogP contribution is -2.51. The molecule has 0 spiro atoms. The van der Waals surface area contributed by atoms with Crippen LogP contribution in [-0.4, -0.2) is 29.2 Å². The smallest absolute Gasteiger partial charge is 0.160 e. The molecule has 3 nitrogen and oxygen atoms in total. The van der Waals surface area contributed by atoms with Gasteiger partial charge >= 0.3 is 0 Å². The maximum atomic E-state index is 10.2. The van der Waals surface area contributed by atoms with Crippen LogP contribution < -0.4 is 0 Å². The van der Waals surface area contributed by atoms with E-state index in [1.54, 1.807) is 0 Å². The van der Waals surface area contributed by atoms with Gasteiger partial charge in [-0.15, -0.1) is 0 Å². The van der Waals surface area contributed by atoms with Gasteiger partial charge in [-0.05, 0) is 61.7 Å². The Morgan fingerprint density at radius 3 is 2.36 bits per heavy atom. The molecule has 2 N–H and O–H groups in total. The first kappa shape index (κ1) is 20.9. The number of aliphatic hydroxyl groups is 2. The van der Waals surface area contributed by atoms with Gasteiger partial charge in [0.05, 0.1) is 12.7 Å². The van der Waals surface area contributed by atoms with Crippen LogP contribution in [0.4, 0.5) is 0 Å². The van der Waals surface area contributed by atoms with E-state index >= 15 is 0 Å². The number of allylic oxidation sites excluding steroid dienone is 1. The van der Waals surface area contributed by atoms with Crippen LogP contribution in [0.15, 0.2) is 11.6 Å². The van der Waals surface area contributed by atoms with Crippen LogP contribution in [0.1, 0.15) is 80.1 Å². The summed E-state index contributed by atoms with van der Waals surface area (Å²) in [4.78, 5) is 0. The zero-order chi connectivity index (χ0) is 18.8. The largest absolute Gasteiger partial charge is 0.393 e. The van der Waals surface area contributed by atoms with Gasteiger partial charge in [0, 0.05) is 5.41 Å². The summed E-state index contributed by atoms with van der Waals surface area (Å²) in [6, 6.07) is 0. The summed E-state index contributed by atoms with van der Waals surface area (Å²) in [7, 11) is 0. The van der Waals surface area contributed by atoms with Crippen molar-refractivity contribution in [2.45, 2.75) is 92.5 Å². The molecular weight excluding hydrogens is 312 g/mol. The molecule has 1 aliphatic heterocycles. The molecule has 0 radical (unpaired) electrons. The summed E-state index contributed by atoms with van der Waals surface area (Å²) < 4.78 is 5.63. The minimum absolute atomic E-state index is 0.0446. The van der Waals surface area contributed by atoms with Crippen LogP contribution in [0.25, 0.3) is 0 Å². The summed E-state index contributed by atoms with van der Waals surface area (Å²) in [5, 5.41) is 20.2. The number of aliphatic hydroxyl groups excluding tert-OH is 2. The summed E-state index contributed by atoms with van der Waals surface area (Å²) >= 11 is 0. The van der Waals surface area contributed by atoms with Gasteiger partial charge in [0.25, 0.3) is 0 Å².